The van der Waals surface area contributed by atoms with E-state index >= 15 is 0 Å². The molecule has 33 heavy (non-hydrogen) atoms. The summed E-state index contributed by atoms with van der Waals surface area (Å²) in [7, 11) is 1.37. The fraction of sp³-hybridized carbons (Fsp3) is 0.217. The maximum atomic E-state index is 13.1. The van der Waals surface area contributed by atoms with Gasteiger partial charge in [-0.1, -0.05) is 26.0 Å². The van der Waals surface area contributed by atoms with E-state index in [-0.39, 0.29) is 23.0 Å². The number of hydrogen-bond acceptors (Lipinski definition) is 6. The first-order valence-electron chi connectivity index (χ1n) is 9.86. The van der Waals surface area contributed by atoms with Crippen molar-refractivity contribution >= 4 is 51.5 Å². The molecule has 0 unspecified atom stereocenters. The fourth-order valence-electron chi connectivity index (χ4n) is 3.16. The summed E-state index contributed by atoms with van der Waals surface area (Å²) in [6, 6.07) is 9.11. The lowest BCUT2D eigenvalue weighted by Crippen LogP contribution is -2.54. The number of barbiturate groups is 1. The molecule has 3 rings (SSSR count). The Balaban J connectivity index is 1.97. The molecule has 4 amide bonds. The topological polar surface area (TPSA) is 122 Å². The maximum Gasteiger partial charge on any atom is 0.341 e. The normalized spacial score (nSPS) is 15.1. The molecule has 1 saturated heterocycles. The van der Waals surface area contributed by atoms with Gasteiger partial charge < -0.3 is 14.6 Å². The summed E-state index contributed by atoms with van der Waals surface area (Å²) in [5, 5.41) is 11.0. The second-order valence-corrected chi connectivity index (χ2v) is 8.27. The van der Waals surface area contributed by atoms with Gasteiger partial charge in [0.25, 0.3) is 11.8 Å². The Labute approximate surface area is 198 Å². The van der Waals surface area contributed by atoms with Crippen molar-refractivity contribution in [2.24, 2.45) is 0 Å². The van der Waals surface area contributed by atoms with E-state index in [9.17, 15) is 19.2 Å². The zero-order valence-electron chi connectivity index (χ0n) is 18.0. The largest absolute Gasteiger partial charge is 0.493 e. The Hall–Kier alpha value is -3.66. The van der Waals surface area contributed by atoms with E-state index < -0.39 is 30.4 Å². The lowest BCUT2D eigenvalue weighted by Gasteiger charge is -2.26. The number of anilines is 1. The van der Waals surface area contributed by atoms with Crippen LogP contribution in [0.25, 0.3) is 6.08 Å². The van der Waals surface area contributed by atoms with Gasteiger partial charge >= 0.3 is 12.0 Å². The third kappa shape index (κ3) is 5.23. The third-order valence-corrected chi connectivity index (χ3v) is 5.41. The molecule has 9 nitrogen and oxygen atoms in total. The zero-order valence-corrected chi connectivity index (χ0v) is 19.6. The van der Waals surface area contributed by atoms with E-state index in [2.05, 4.69) is 21.2 Å². The van der Waals surface area contributed by atoms with Crippen LogP contribution in [0.15, 0.2) is 46.4 Å². The SMILES string of the molecule is COc1cc(/C=C2\C(=O)NC(=O)N(c3ccc(C(C)C)cc3)C2=O)cc(Br)c1OCC(=O)O. The van der Waals surface area contributed by atoms with Gasteiger partial charge in [0.2, 0.25) is 0 Å². The van der Waals surface area contributed by atoms with Gasteiger partial charge in [-0.2, -0.15) is 0 Å². The smallest absolute Gasteiger partial charge is 0.341 e. The van der Waals surface area contributed by atoms with Gasteiger partial charge in [-0.3, -0.25) is 14.9 Å². The summed E-state index contributed by atoms with van der Waals surface area (Å²) in [5.41, 5.74) is 1.51. The van der Waals surface area contributed by atoms with Crippen LogP contribution in [-0.4, -0.2) is 42.6 Å². The van der Waals surface area contributed by atoms with Gasteiger partial charge in [-0.15, -0.1) is 0 Å². The van der Waals surface area contributed by atoms with Crippen molar-refractivity contribution in [2.75, 3.05) is 18.6 Å². The number of amides is 4. The lowest BCUT2D eigenvalue weighted by molar-refractivity contribution is -0.139. The predicted molar refractivity (Wildman–Crippen MR) is 123 cm³/mol. The summed E-state index contributed by atoms with van der Waals surface area (Å²) in [6.07, 6.45) is 1.31. The molecule has 2 aromatic carbocycles. The number of imide groups is 2. The highest BCUT2D eigenvalue weighted by molar-refractivity contribution is 9.10. The van der Waals surface area contributed by atoms with Crippen LogP contribution in [0.1, 0.15) is 30.9 Å². The number of carbonyl (C=O) groups excluding carboxylic acids is 3. The number of carbonyl (C=O) groups is 4. The van der Waals surface area contributed by atoms with Crippen molar-refractivity contribution < 1.29 is 33.8 Å². The Bertz CT molecular complexity index is 1160. The number of hydrogen-bond donors (Lipinski definition) is 2. The Kier molecular flexibility index (Phi) is 7.17. The highest BCUT2D eigenvalue weighted by atomic mass is 79.9. The van der Waals surface area contributed by atoms with Crippen molar-refractivity contribution in [3.05, 3.63) is 57.6 Å². The molecule has 1 aliphatic rings. The summed E-state index contributed by atoms with van der Waals surface area (Å²) in [6.45, 7) is 3.47. The lowest BCUT2D eigenvalue weighted by atomic mass is 10.0. The van der Waals surface area contributed by atoms with E-state index in [0.29, 0.717) is 15.7 Å². The molecule has 1 heterocycles. The number of benzene rings is 2. The minimum atomic E-state index is -1.16. The first-order valence-corrected chi connectivity index (χ1v) is 10.6. The molecule has 0 bridgehead atoms. The standard InChI is InChI=1S/C23H21BrN2O7/c1-12(2)14-4-6-15(7-5-14)26-22(30)16(21(29)25-23(26)31)8-13-9-17(24)20(18(10-13)32-3)33-11-19(27)28/h4-10,12H,11H2,1-3H3,(H,27,28)(H,25,29,31)/b16-8+. The first-order chi connectivity index (χ1) is 15.6. The summed E-state index contributed by atoms with van der Waals surface area (Å²) >= 11 is 3.28. The number of ether oxygens (including phenoxy) is 2. The molecule has 0 aromatic heterocycles. The van der Waals surface area contributed by atoms with Crippen molar-refractivity contribution in [1.29, 1.82) is 0 Å². The highest BCUT2D eigenvalue weighted by Crippen LogP contribution is 2.37. The van der Waals surface area contributed by atoms with E-state index in [4.69, 9.17) is 14.6 Å². The minimum absolute atomic E-state index is 0.156. The molecule has 0 aliphatic carbocycles. The van der Waals surface area contributed by atoms with Crippen LogP contribution in [0.2, 0.25) is 0 Å². The van der Waals surface area contributed by atoms with Crippen LogP contribution in [-0.2, 0) is 14.4 Å². The quantitative estimate of drug-likeness (QED) is 0.424. The number of nitrogens with zero attached hydrogens (tertiary/aromatic N) is 1. The molecular formula is C23H21BrN2O7. The molecule has 2 aromatic rings. The van der Waals surface area contributed by atoms with Gasteiger partial charge in [0.05, 0.1) is 17.3 Å². The average Bonchev–Trinajstić information content (AvgIpc) is 2.75. The van der Waals surface area contributed by atoms with Crippen LogP contribution in [0.5, 0.6) is 11.5 Å². The number of methoxy groups -OCH3 is 1. The van der Waals surface area contributed by atoms with Gasteiger partial charge in [0.1, 0.15) is 5.57 Å². The Morgan fingerprint density at radius 3 is 2.42 bits per heavy atom. The molecule has 0 atom stereocenters. The third-order valence-electron chi connectivity index (χ3n) is 4.82. The van der Waals surface area contributed by atoms with Crippen molar-refractivity contribution in [3.63, 3.8) is 0 Å². The second-order valence-electron chi connectivity index (χ2n) is 7.42. The molecular weight excluding hydrogens is 496 g/mol. The van der Waals surface area contributed by atoms with Gasteiger partial charge in [0.15, 0.2) is 18.1 Å². The Morgan fingerprint density at radius 1 is 1.18 bits per heavy atom. The average molecular weight is 517 g/mol. The number of halogens is 1. The van der Waals surface area contributed by atoms with Gasteiger partial charge in [-0.05, 0) is 63.3 Å². The number of carboxylic acid groups (broad SMARTS) is 1. The number of urea groups is 1. The predicted octanol–water partition coefficient (Wildman–Crippen LogP) is 3.71. The Morgan fingerprint density at radius 2 is 1.85 bits per heavy atom. The monoisotopic (exact) mass is 516 g/mol. The van der Waals surface area contributed by atoms with Crippen LogP contribution < -0.4 is 19.7 Å². The molecule has 1 aliphatic heterocycles. The number of carboxylic acids is 1. The summed E-state index contributed by atoms with van der Waals surface area (Å²) in [5.74, 6) is -2.14. The first kappa shape index (κ1) is 24.0. The van der Waals surface area contributed by atoms with Gasteiger partial charge in [0, 0.05) is 0 Å². The van der Waals surface area contributed by atoms with E-state index in [1.807, 2.05) is 26.0 Å². The van der Waals surface area contributed by atoms with Gasteiger partial charge in [-0.25, -0.2) is 14.5 Å². The van der Waals surface area contributed by atoms with Crippen molar-refractivity contribution in [3.8, 4) is 11.5 Å². The number of nitrogens with one attached hydrogen (secondary N) is 1. The van der Waals surface area contributed by atoms with Crippen LogP contribution >= 0.6 is 15.9 Å². The molecule has 10 heteroatoms. The molecule has 2 N–H and O–H groups in total. The molecule has 0 radical (unpaired) electrons. The maximum absolute atomic E-state index is 13.1. The molecule has 172 valence electrons. The molecule has 1 fully saturated rings. The molecule has 0 saturated carbocycles. The van der Waals surface area contributed by atoms with E-state index in [1.54, 1.807) is 12.1 Å². The molecule has 0 spiro atoms. The summed E-state index contributed by atoms with van der Waals surface area (Å²) < 4.78 is 10.8. The second kappa shape index (κ2) is 9.86. The summed E-state index contributed by atoms with van der Waals surface area (Å²) in [4.78, 5) is 49.7. The van der Waals surface area contributed by atoms with Crippen molar-refractivity contribution in [1.82, 2.24) is 5.32 Å². The van der Waals surface area contributed by atoms with E-state index in [1.165, 1.54) is 25.3 Å². The highest BCUT2D eigenvalue weighted by Gasteiger charge is 2.36. The zero-order chi connectivity index (χ0) is 24.3. The number of aliphatic carboxylic acids is 1. The van der Waals surface area contributed by atoms with E-state index in [0.717, 1.165) is 10.5 Å². The van der Waals surface area contributed by atoms with Crippen LogP contribution in [0.3, 0.4) is 0 Å². The van der Waals surface area contributed by atoms with Crippen LogP contribution in [0, 0.1) is 0 Å². The number of rotatable bonds is 7. The van der Waals surface area contributed by atoms with Crippen LogP contribution in [0.4, 0.5) is 10.5 Å². The fourth-order valence-corrected chi connectivity index (χ4v) is 3.74. The minimum Gasteiger partial charge on any atom is -0.493 e. The van der Waals surface area contributed by atoms with Crippen molar-refractivity contribution in [2.45, 2.75) is 19.8 Å².